The first kappa shape index (κ1) is 19.5. The van der Waals surface area contributed by atoms with Gasteiger partial charge >= 0.3 is 6.18 Å². The highest BCUT2D eigenvalue weighted by Crippen LogP contribution is 2.36. The van der Waals surface area contributed by atoms with Crippen LogP contribution in [0.2, 0.25) is 5.02 Å². The number of hydrogen-bond donors (Lipinski definition) is 1. The van der Waals surface area contributed by atoms with E-state index in [2.05, 4.69) is 25.6 Å². The molecule has 1 aliphatic rings. The lowest BCUT2D eigenvalue weighted by Gasteiger charge is -2.13. The Kier molecular flexibility index (Phi) is 5.05. The quantitative estimate of drug-likeness (QED) is 0.651. The summed E-state index contributed by atoms with van der Waals surface area (Å²) in [6.07, 6.45) is -1.20. The molecule has 0 spiro atoms. The molecule has 2 aromatic heterocycles. The molecule has 0 aliphatic carbocycles. The molecule has 29 heavy (non-hydrogen) atoms. The molecule has 0 saturated heterocycles. The molecule has 0 saturated carbocycles. The largest absolute Gasteiger partial charge is 0.417 e. The zero-order valence-electron chi connectivity index (χ0n) is 14.9. The lowest BCUT2D eigenvalue weighted by molar-refractivity contribution is -0.137. The number of alkyl halides is 3. The number of Topliss-reactive ketones (excluding diaryl/α,β-unsaturated/α-hetero) is 1. The average Bonchev–Trinajstić information content (AvgIpc) is 3.12. The van der Waals surface area contributed by atoms with Gasteiger partial charge in [0, 0.05) is 43.9 Å². The van der Waals surface area contributed by atoms with Crippen LogP contribution >= 0.6 is 11.6 Å². The summed E-state index contributed by atoms with van der Waals surface area (Å²) in [5, 5.41) is 10.7. The Labute approximate surface area is 167 Å². The number of fused-ring (bicyclic) bond motifs is 1. The molecule has 1 aliphatic heterocycles. The van der Waals surface area contributed by atoms with Gasteiger partial charge in [0.05, 0.1) is 16.3 Å². The van der Waals surface area contributed by atoms with Crippen molar-refractivity contribution in [1.82, 2.24) is 30.3 Å². The van der Waals surface area contributed by atoms with E-state index in [1.165, 1.54) is 18.5 Å². The van der Waals surface area contributed by atoms with E-state index >= 15 is 0 Å². The third-order valence-corrected chi connectivity index (χ3v) is 4.93. The molecule has 0 atom stereocenters. The Morgan fingerprint density at radius 3 is 2.72 bits per heavy atom. The molecule has 1 N–H and O–H groups in total. The molecule has 1 aromatic carbocycles. The van der Waals surface area contributed by atoms with E-state index in [1.54, 1.807) is 4.68 Å². The van der Waals surface area contributed by atoms with Gasteiger partial charge in [-0.3, -0.25) is 4.79 Å². The van der Waals surface area contributed by atoms with Crippen molar-refractivity contribution in [3.63, 3.8) is 0 Å². The molecule has 0 fully saturated rings. The van der Waals surface area contributed by atoms with E-state index in [-0.39, 0.29) is 12.0 Å². The van der Waals surface area contributed by atoms with E-state index in [0.29, 0.717) is 18.1 Å². The van der Waals surface area contributed by atoms with Crippen molar-refractivity contribution in [2.75, 3.05) is 6.54 Å². The number of hydrogen-bond acceptors (Lipinski definition) is 6. The van der Waals surface area contributed by atoms with E-state index in [4.69, 9.17) is 11.6 Å². The molecule has 4 rings (SSSR count). The minimum absolute atomic E-state index is 0.180. The van der Waals surface area contributed by atoms with Gasteiger partial charge in [0.2, 0.25) is 0 Å². The van der Waals surface area contributed by atoms with Gasteiger partial charge < -0.3 is 5.32 Å². The summed E-state index contributed by atoms with van der Waals surface area (Å²) in [5.74, 6) is -0.240. The third-order valence-electron chi connectivity index (χ3n) is 4.53. The smallest absolute Gasteiger partial charge is 0.311 e. The molecular formula is C18H14ClF3N6O. The highest BCUT2D eigenvalue weighted by Gasteiger charge is 2.34. The minimum Gasteiger partial charge on any atom is -0.311 e. The van der Waals surface area contributed by atoms with Crippen LogP contribution in [0.25, 0.3) is 5.95 Å². The van der Waals surface area contributed by atoms with Crippen LogP contribution in [0.3, 0.4) is 0 Å². The number of nitrogens with one attached hydrogen (secondary N) is 1. The fraction of sp³-hybridized carbons (Fsp3) is 0.278. The van der Waals surface area contributed by atoms with Crippen LogP contribution in [-0.2, 0) is 25.6 Å². The summed E-state index contributed by atoms with van der Waals surface area (Å²) in [6, 6.07) is 3.26. The van der Waals surface area contributed by atoms with E-state index in [1.807, 2.05) is 0 Å². The van der Waals surface area contributed by atoms with Gasteiger partial charge in [-0.05, 0) is 17.7 Å². The lowest BCUT2D eigenvalue weighted by Crippen LogP contribution is -2.25. The summed E-state index contributed by atoms with van der Waals surface area (Å²) in [6.45, 7) is 1.42. The molecule has 7 nitrogen and oxygen atoms in total. The van der Waals surface area contributed by atoms with Crippen LogP contribution in [0.4, 0.5) is 13.2 Å². The van der Waals surface area contributed by atoms with Gasteiger partial charge in [-0.15, -0.1) is 5.10 Å². The molecule has 11 heteroatoms. The van der Waals surface area contributed by atoms with Gasteiger partial charge in [-0.2, -0.15) is 17.9 Å². The Hall–Kier alpha value is -2.85. The fourth-order valence-electron chi connectivity index (χ4n) is 3.09. The number of aromatic nitrogens is 5. The summed E-state index contributed by atoms with van der Waals surface area (Å²) < 4.78 is 40.5. The Morgan fingerprint density at radius 1 is 1.24 bits per heavy atom. The number of benzene rings is 1. The lowest BCUT2D eigenvalue weighted by atomic mass is 10.0. The normalized spacial score (nSPS) is 13.9. The number of ketones is 1. The van der Waals surface area contributed by atoms with Gasteiger partial charge in [-0.25, -0.2) is 9.97 Å². The molecule has 0 bridgehead atoms. The van der Waals surface area contributed by atoms with Crippen molar-refractivity contribution in [1.29, 1.82) is 0 Å². The Bertz CT molecular complexity index is 1060. The second-order valence-corrected chi connectivity index (χ2v) is 6.86. The molecule has 3 aromatic rings. The van der Waals surface area contributed by atoms with E-state index in [9.17, 15) is 18.0 Å². The number of halogens is 4. The Morgan fingerprint density at radius 2 is 2.00 bits per heavy atom. The van der Waals surface area contributed by atoms with Crippen LogP contribution in [0.15, 0.2) is 30.6 Å². The van der Waals surface area contributed by atoms with Crippen LogP contribution < -0.4 is 5.32 Å². The predicted molar refractivity (Wildman–Crippen MR) is 96.8 cm³/mol. The third kappa shape index (κ3) is 3.85. The molecule has 150 valence electrons. The maximum Gasteiger partial charge on any atom is 0.417 e. The number of carbonyl (C=O) groups is 1. The highest BCUT2D eigenvalue weighted by molar-refractivity contribution is 6.34. The number of nitrogens with zero attached hydrogens (tertiary/aromatic N) is 5. The van der Waals surface area contributed by atoms with Crippen molar-refractivity contribution >= 4 is 17.4 Å². The van der Waals surface area contributed by atoms with Crippen molar-refractivity contribution in [2.24, 2.45) is 0 Å². The van der Waals surface area contributed by atoms with E-state index in [0.717, 1.165) is 36.5 Å². The summed E-state index contributed by atoms with van der Waals surface area (Å²) >= 11 is 5.82. The maximum absolute atomic E-state index is 13.0. The standard InChI is InChI=1S/C18H14ClF3N6O/c19-16-11(2-1-3-12(16)18(20,21)22)15(29)6-10-7-24-17(25-8-10)28-14-4-5-23-9-13(14)26-27-28/h1-3,7-8,23H,4-6,9H2. The SMILES string of the molecule is O=C(Cc1cnc(-n2nnc3c2CCNC3)nc1)c1cccc(C(F)(F)F)c1Cl. The van der Waals surface area contributed by atoms with Gasteiger partial charge in [-0.1, -0.05) is 22.9 Å². The van der Waals surface area contributed by atoms with Gasteiger partial charge in [0.1, 0.15) is 5.69 Å². The predicted octanol–water partition coefficient (Wildman–Crippen LogP) is 2.80. The summed E-state index contributed by atoms with van der Waals surface area (Å²) in [4.78, 5) is 20.9. The zero-order valence-corrected chi connectivity index (χ0v) is 15.6. The first-order chi connectivity index (χ1) is 13.8. The first-order valence-corrected chi connectivity index (χ1v) is 9.07. The fourth-order valence-corrected chi connectivity index (χ4v) is 3.43. The topological polar surface area (TPSA) is 85.6 Å². The monoisotopic (exact) mass is 422 g/mol. The van der Waals surface area contributed by atoms with Crippen molar-refractivity contribution in [3.05, 3.63) is 63.7 Å². The average molecular weight is 423 g/mol. The molecule has 3 heterocycles. The van der Waals surface area contributed by atoms with E-state index < -0.39 is 22.5 Å². The summed E-state index contributed by atoms with van der Waals surface area (Å²) in [7, 11) is 0. The van der Waals surface area contributed by atoms with Crippen LogP contribution in [0.5, 0.6) is 0 Å². The second kappa shape index (κ2) is 7.53. The van der Waals surface area contributed by atoms with Crippen LogP contribution in [-0.4, -0.2) is 37.3 Å². The molecule has 0 amide bonds. The zero-order chi connectivity index (χ0) is 20.6. The number of carbonyl (C=O) groups excluding carboxylic acids is 1. The highest BCUT2D eigenvalue weighted by atomic mass is 35.5. The van der Waals surface area contributed by atoms with Gasteiger partial charge in [0.15, 0.2) is 5.78 Å². The minimum atomic E-state index is -4.63. The summed E-state index contributed by atoms with van der Waals surface area (Å²) in [5.41, 5.74) is 0.968. The van der Waals surface area contributed by atoms with Gasteiger partial charge in [0.25, 0.3) is 5.95 Å². The van der Waals surface area contributed by atoms with Crippen LogP contribution in [0, 0.1) is 0 Å². The first-order valence-electron chi connectivity index (χ1n) is 8.69. The van der Waals surface area contributed by atoms with Crippen molar-refractivity contribution in [2.45, 2.75) is 25.6 Å². The maximum atomic E-state index is 13.0. The van der Waals surface area contributed by atoms with Crippen molar-refractivity contribution in [3.8, 4) is 5.95 Å². The van der Waals surface area contributed by atoms with Crippen LogP contribution in [0.1, 0.15) is 32.9 Å². The molecule has 0 radical (unpaired) electrons. The second-order valence-electron chi connectivity index (χ2n) is 6.48. The molecular weight excluding hydrogens is 409 g/mol. The molecule has 0 unspecified atom stereocenters. The number of rotatable bonds is 4. The Balaban J connectivity index is 1.54. The van der Waals surface area contributed by atoms with Crippen molar-refractivity contribution < 1.29 is 18.0 Å².